The summed E-state index contributed by atoms with van der Waals surface area (Å²) in [5.41, 5.74) is 10.5. The molecule has 49 heavy (non-hydrogen) atoms. The van der Waals surface area contributed by atoms with Gasteiger partial charge in [-0.3, -0.25) is 5.43 Å². The van der Waals surface area contributed by atoms with Crippen molar-refractivity contribution in [3.05, 3.63) is 130 Å². The highest BCUT2D eigenvalue weighted by molar-refractivity contribution is 7.80. The molecule has 15 heteroatoms. The van der Waals surface area contributed by atoms with E-state index >= 15 is 0 Å². The van der Waals surface area contributed by atoms with Crippen LogP contribution in [0.1, 0.15) is 31.8 Å². The van der Waals surface area contributed by atoms with Crippen LogP contribution >= 0.6 is 36.0 Å². The number of aromatic carboxylic acids is 2. The number of fused-ring (bicyclic) bond motifs is 1. The molecule has 5 aromatic carbocycles. The van der Waals surface area contributed by atoms with E-state index in [1.807, 2.05) is 30.3 Å². The number of anilines is 2. The zero-order chi connectivity index (χ0) is 35.5. The fraction of sp³-hybridized carbons (Fsp3) is 0. The van der Waals surface area contributed by atoms with Crippen molar-refractivity contribution in [1.29, 1.82) is 0 Å². The largest absolute Gasteiger partial charge is 0.507 e. The van der Waals surface area contributed by atoms with Crippen LogP contribution in [0.4, 0.5) is 11.4 Å². The summed E-state index contributed by atoms with van der Waals surface area (Å²) >= 11 is 15.9. The summed E-state index contributed by atoms with van der Waals surface area (Å²) in [7, 11) is 0. The van der Waals surface area contributed by atoms with Crippen molar-refractivity contribution in [2.24, 2.45) is 15.9 Å². The molecule has 0 fully saturated rings. The molecule has 12 nitrogen and oxygen atoms in total. The van der Waals surface area contributed by atoms with Crippen LogP contribution in [-0.2, 0) is 0 Å². The van der Waals surface area contributed by atoms with Crippen molar-refractivity contribution < 1.29 is 30.0 Å². The lowest BCUT2D eigenvalue weighted by atomic mass is 10.1. The number of benzene rings is 5. The number of hydrogen-bond acceptors (Lipinski definition) is 8. The summed E-state index contributed by atoms with van der Waals surface area (Å²) in [6, 6.07) is 27.8. The third-order valence-electron chi connectivity index (χ3n) is 6.54. The maximum atomic E-state index is 10.9. The average Bonchev–Trinajstić information content (AvgIpc) is 3.08. The van der Waals surface area contributed by atoms with Crippen molar-refractivity contribution in [3.8, 4) is 11.5 Å². The number of nitrogens with two attached hydrogens (primary N) is 1. The minimum Gasteiger partial charge on any atom is -0.507 e. The first-order valence-electron chi connectivity index (χ1n) is 14.0. The molecule has 0 bridgehead atoms. The number of phenols is 2. The number of phenolic OH excluding ortho intramolecular Hbond substituents is 2. The van der Waals surface area contributed by atoms with Crippen LogP contribution in [0.3, 0.4) is 0 Å². The number of rotatable bonds is 8. The van der Waals surface area contributed by atoms with Gasteiger partial charge in [-0.1, -0.05) is 48.0 Å². The summed E-state index contributed by atoms with van der Waals surface area (Å²) in [5.74, 6) is -1.91. The van der Waals surface area contributed by atoms with Gasteiger partial charge >= 0.3 is 11.9 Å². The van der Waals surface area contributed by atoms with Gasteiger partial charge in [0.15, 0.2) is 10.2 Å². The summed E-state index contributed by atoms with van der Waals surface area (Å²) in [5, 5.41) is 52.4. The Morgan fingerprint density at radius 2 is 1.51 bits per heavy atom. The van der Waals surface area contributed by atoms with Gasteiger partial charge in [0.1, 0.15) is 11.5 Å². The number of halogens is 1. The molecular weight excluding hydrogens is 688 g/mol. The third-order valence-corrected chi connectivity index (χ3v) is 7.14. The highest BCUT2D eigenvalue weighted by Crippen LogP contribution is 2.28. The molecule has 8 N–H and O–H groups in total. The number of carbonyl (C=O) groups is 2. The Balaban J connectivity index is 0.000000223. The second-order valence-corrected chi connectivity index (χ2v) is 11.1. The molecule has 5 aromatic rings. The van der Waals surface area contributed by atoms with E-state index in [9.17, 15) is 19.8 Å². The molecule has 0 spiro atoms. The van der Waals surface area contributed by atoms with Gasteiger partial charge in [-0.15, -0.1) is 0 Å². The van der Waals surface area contributed by atoms with Crippen LogP contribution in [-0.4, -0.2) is 55.0 Å². The van der Waals surface area contributed by atoms with E-state index in [2.05, 4.69) is 20.9 Å². The van der Waals surface area contributed by atoms with E-state index in [4.69, 9.17) is 52.0 Å². The summed E-state index contributed by atoms with van der Waals surface area (Å²) < 4.78 is 0. The van der Waals surface area contributed by atoms with Gasteiger partial charge in [-0.05, 0) is 96.6 Å². The van der Waals surface area contributed by atoms with Gasteiger partial charge in [0.25, 0.3) is 0 Å². The van der Waals surface area contributed by atoms with E-state index < -0.39 is 11.9 Å². The molecule has 0 saturated heterocycles. The molecule has 0 aliphatic rings. The fourth-order valence-electron chi connectivity index (χ4n) is 4.17. The van der Waals surface area contributed by atoms with Crippen LogP contribution in [0.25, 0.3) is 10.8 Å². The highest BCUT2D eigenvalue weighted by atomic mass is 35.5. The highest BCUT2D eigenvalue weighted by Gasteiger charge is 2.11. The lowest BCUT2D eigenvalue weighted by molar-refractivity contribution is 0.0686. The van der Waals surface area contributed by atoms with Gasteiger partial charge in [-0.25, -0.2) is 14.6 Å². The van der Waals surface area contributed by atoms with Gasteiger partial charge in [0.05, 0.1) is 29.2 Å². The first-order chi connectivity index (χ1) is 23.4. The number of aromatic hydroxyl groups is 2. The number of thiocarbonyl (C=S) groups is 2. The van der Waals surface area contributed by atoms with E-state index in [1.54, 1.807) is 42.5 Å². The Labute approximate surface area is 295 Å². The molecule has 0 amide bonds. The summed E-state index contributed by atoms with van der Waals surface area (Å²) in [6.07, 6.45) is 2.81. The van der Waals surface area contributed by atoms with Crippen LogP contribution in [0.5, 0.6) is 11.5 Å². The van der Waals surface area contributed by atoms with Crippen molar-refractivity contribution in [2.75, 3.05) is 10.3 Å². The maximum Gasteiger partial charge on any atom is 0.335 e. The smallest absolute Gasteiger partial charge is 0.335 e. The molecule has 248 valence electrons. The molecule has 0 aliphatic carbocycles. The minimum absolute atomic E-state index is 0.00963. The van der Waals surface area contributed by atoms with E-state index in [1.165, 1.54) is 47.8 Å². The fourth-order valence-corrected chi connectivity index (χ4v) is 4.67. The van der Waals surface area contributed by atoms with Crippen molar-refractivity contribution >= 4 is 92.8 Å². The topological polar surface area (TPSA) is 193 Å². The van der Waals surface area contributed by atoms with E-state index in [-0.39, 0.29) is 32.9 Å². The Morgan fingerprint density at radius 3 is 2.20 bits per heavy atom. The number of carboxylic acids is 2. The molecule has 0 heterocycles. The minimum atomic E-state index is -1.03. The SMILES string of the molecule is NC(=S)N(N=Cc1ccc2ccccc2c1O)c1ccc(C(=O)O)cc1.O=C(O)c1cccc(NC(=S)NN=Cc2cc(Cl)ccc2O)c1. The van der Waals surface area contributed by atoms with E-state index in [0.717, 1.165) is 5.39 Å². The predicted molar refractivity (Wildman–Crippen MR) is 199 cm³/mol. The van der Waals surface area contributed by atoms with Gasteiger partial charge in [0, 0.05) is 27.2 Å². The van der Waals surface area contributed by atoms with Crippen LogP contribution in [0, 0.1) is 0 Å². The normalized spacial score (nSPS) is 10.7. The molecule has 0 aliphatic heterocycles. The molecule has 0 saturated carbocycles. The first kappa shape index (κ1) is 35.8. The van der Waals surface area contributed by atoms with Crippen LogP contribution in [0.2, 0.25) is 5.02 Å². The lowest BCUT2D eigenvalue weighted by Gasteiger charge is -2.17. The Morgan fingerprint density at radius 1 is 0.796 bits per heavy atom. The zero-order valence-electron chi connectivity index (χ0n) is 25.2. The molecular formula is C34H27ClN6O6S2. The monoisotopic (exact) mass is 714 g/mol. The molecule has 0 atom stereocenters. The van der Waals surface area contributed by atoms with E-state index in [0.29, 0.717) is 32.9 Å². The lowest BCUT2D eigenvalue weighted by Crippen LogP contribution is -2.31. The number of hydrogen-bond donors (Lipinski definition) is 7. The number of hydrazone groups is 2. The standard InChI is InChI=1S/C19H15N3O3S.C15H12ClN3O3S/c20-19(26)22(15-9-7-13(8-10-15)18(24)25)21-11-14-6-5-12-3-1-2-4-16(12)17(14)23;16-11-4-5-13(20)10(6-11)8-17-19-15(23)18-12-3-1-2-9(7-12)14(21)22/h1-11,23H,(H2,20,26)(H,24,25);1-8,20H,(H,21,22)(H2,18,19,23). The predicted octanol–water partition coefficient (Wildman–Crippen LogP) is 6.39. The number of nitrogens with zero attached hydrogens (tertiary/aromatic N) is 3. The second kappa shape index (κ2) is 16.6. The van der Waals surface area contributed by atoms with Crippen molar-refractivity contribution in [3.63, 3.8) is 0 Å². The molecule has 0 radical (unpaired) electrons. The Bertz CT molecular complexity index is 2090. The quantitative estimate of drug-likeness (QED) is 0.0533. The molecule has 0 aromatic heterocycles. The summed E-state index contributed by atoms with van der Waals surface area (Å²) in [4.78, 5) is 21.8. The average molecular weight is 715 g/mol. The number of nitrogens with one attached hydrogen (secondary N) is 2. The molecule has 5 rings (SSSR count). The third kappa shape index (κ3) is 9.95. The zero-order valence-corrected chi connectivity index (χ0v) is 27.6. The molecule has 0 unspecified atom stereocenters. The second-order valence-electron chi connectivity index (χ2n) is 9.88. The van der Waals surface area contributed by atoms with Gasteiger partial charge in [0.2, 0.25) is 0 Å². The Hall–Kier alpha value is -6.09. The maximum absolute atomic E-state index is 10.9. The first-order valence-corrected chi connectivity index (χ1v) is 15.2. The van der Waals surface area contributed by atoms with Gasteiger partial charge < -0.3 is 31.5 Å². The van der Waals surface area contributed by atoms with Crippen LogP contribution in [0.15, 0.2) is 113 Å². The number of carboxylic acid groups (broad SMARTS) is 2. The van der Waals surface area contributed by atoms with Crippen molar-refractivity contribution in [1.82, 2.24) is 5.43 Å². The summed E-state index contributed by atoms with van der Waals surface area (Å²) in [6.45, 7) is 0. The van der Waals surface area contributed by atoms with Crippen LogP contribution < -0.4 is 21.5 Å². The van der Waals surface area contributed by atoms with Gasteiger partial charge in [-0.2, -0.15) is 10.2 Å². The Kier molecular flexibility index (Phi) is 12.1. The van der Waals surface area contributed by atoms with Crippen molar-refractivity contribution in [2.45, 2.75) is 0 Å².